The number of hydrogen-bond donors (Lipinski definition) is 0. The Kier molecular flexibility index (Phi) is 65.6. The van der Waals surface area contributed by atoms with Crippen molar-refractivity contribution in [3.8, 4) is 0 Å². The van der Waals surface area contributed by atoms with Gasteiger partial charge in [0.05, 0.1) is 0 Å². The quantitative estimate of drug-likeness (QED) is 0.0261. The first-order valence-electron chi connectivity index (χ1n) is 35.1. The van der Waals surface area contributed by atoms with Crippen LogP contribution in [0, 0.1) is 0 Å². The van der Waals surface area contributed by atoms with E-state index in [1.54, 1.807) is 0 Å². The van der Waals surface area contributed by atoms with Crippen LogP contribution in [0.2, 0.25) is 0 Å². The fourth-order valence-corrected chi connectivity index (χ4v) is 10.5. The number of allylic oxidation sites excluding steroid dienone is 8. The Morgan fingerprint density at radius 2 is 0.481 bits per heavy atom. The zero-order valence-corrected chi connectivity index (χ0v) is 53.2. The number of carbonyl (C=O) groups is 3. The van der Waals surface area contributed by atoms with E-state index in [0.717, 1.165) is 83.5 Å². The highest BCUT2D eigenvalue weighted by atomic mass is 16.6. The van der Waals surface area contributed by atoms with E-state index in [1.807, 2.05) is 0 Å². The molecule has 1 unspecified atom stereocenters. The van der Waals surface area contributed by atoms with Crippen molar-refractivity contribution in [3.63, 3.8) is 0 Å². The number of esters is 3. The second-order valence-electron chi connectivity index (χ2n) is 23.8. The lowest BCUT2D eigenvalue weighted by molar-refractivity contribution is -0.167. The summed E-state index contributed by atoms with van der Waals surface area (Å²) in [6.07, 6.45) is 85.7. The van der Waals surface area contributed by atoms with Crippen molar-refractivity contribution in [2.45, 2.75) is 386 Å². The van der Waals surface area contributed by atoms with Gasteiger partial charge in [0.25, 0.3) is 0 Å². The summed E-state index contributed by atoms with van der Waals surface area (Å²) in [4.78, 5) is 38.4. The fourth-order valence-electron chi connectivity index (χ4n) is 10.5. The molecule has 0 spiro atoms. The lowest BCUT2D eigenvalue weighted by Gasteiger charge is -2.18. The van der Waals surface area contributed by atoms with E-state index in [2.05, 4.69) is 69.4 Å². The molecule has 0 saturated carbocycles. The maximum Gasteiger partial charge on any atom is 0.306 e. The van der Waals surface area contributed by atoms with Crippen molar-refractivity contribution in [1.29, 1.82) is 0 Å². The third-order valence-electron chi connectivity index (χ3n) is 15.8. The normalized spacial score (nSPS) is 12.3. The number of rotatable bonds is 65. The van der Waals surface area contributed by atoms with Crippen LogP contribution in [0.25, 0.3) is 0 Å². The molecule has 462 valence electrons. The minimum absolute atomic E-state index is 0.0752. The molecular weight excluding hydrogens is 973 g/mol. The van der Waals surface area contributed by atoms with Gasteiger partial charge in [-0.3, -0.25) is 14.4 Å². The smallest absolute Gasteiger partial charge is 0.306 e. The predicted octanol–water partition coefficient (Wildman–Crippen LogP) is 24.1. The van der Waals surface area contributed by atoms with Crippen molar-refractivity contribution < 1.29 is 28.6 Å². The molecule has 0 bridgehead atoms. The van der Waals surface area contributed by atoms with Gasteiger partial charge in [0.15, 0.2) is 6.10 Å². The van der Waals surface area contributed by atoms with Gasteiger partial charge in [-0.1, -0.05) is 313 Å². The lowest BCUT2D eigenvalue weighted by Crippen LogP contribution is -2.30. The lowest BCUT2D eigenvalue weighted by atomic mass is 10.0. The third kappa shape index (κ3) is 66.1. The molecule has 0 saturated heterocycles. The Morgan fingerprint density at radius 1 is 0.253 bits per heavy atom. The molecular formula is C73H134O6. The minimum atomic E-state index is -0.780. The van der Waals surface area contributed by atoms with E-state index >= 15 is 0 Å². The highest BCUT2D eigenvalue weighted by Crippen LogP contribution is 2.18. The van der Waals surface area contributed by atoms with E-state index in [1.165, 1.54) is 257 Å². The first-order chi connectivity index (χ1) is 39.0. The van der Waals surface area contributed by atoms with Gasteiger partial charge >= 0.3 is 17.9 Å². The highest BCUT2D eigenvalue weighted by molar-refractivity contribution is 5.71. The van der Waals surface area contributed by atoms with Crippen LogP contribution < -0.4 is 0 Å². The molecule has 0 rings (SSSR count). The second kappa shape index (κ2) is 67.9. The standard InChI is InChI=1S/C73H134O6/c1-4-7-10-13-16-19-22-25-27-29-31-33-34-35-36-37-38-40-41-43-45-48-51-54-57-60-63-66-72(75)78-69-70(68-77-71(74)65-62-59-56-53-50-47-24-21-18-15-12-9-6-3)79-73(76)67-64-61-58-55-52-49-46-44-42-39-32-30-28-26-23-20-17-14-11-8-5-2/h12,15,21,24,29-32,70H,4-11,13-14,16-20,22-23,25-28,33-69H2,1-3H3/b15-12-,24-21-,31-29-,32-30-. The average Bonchev–Trinajstić information content (AvgIpc) is 3.45. The maximum absolute atomic E-state index is 12.9. The van der Waals surface area contributed by atoms with E-state index in [4.69, 9.17) is 14.2 Å². The largest absolute Gasteiger partial charge is 0.462 e. The molecule has 0 aliphatic rings. The van der Waals surface area contributed by atoms with Crippen molar-refractivity contribution in [2.24, 2.45) is 0 Å². The van der Waals surface area contributed by atoms with E-state index in [0.29, 0.717) is 19.3 Å². The summed E-state index contributed by atoms with van der Waals surface area (Å²) in [5.74, 6) is -0.869. The van der Waals surface area contributed by atoms with Gasteiger partial charge in [0, 0.05) is 19.3 Å². The van der Waals surface area contributed by atoms with Crippen molar-refractivity contribution in [2.75, 3.05) is 13.2 Å². The summed E-state index contributed by atoms with van der Waals surface area (Å²) in [6, 6.07) is 0. The summed E-state index contributed by atoms with van der Waals surface area (Å²) in [5.41, 5.74) is 0. The summed E-state index contributed by atoms with van der Waals surface area (Å²) < 4.78 is 17.0. The van der Waals surface area contributed by atoms with Gasteiger partial charge in [0.1, 0.15) is 13.2 Å². The third-order valence-corrected chi connectivity index (χ3v) is 15.8. The van der Waals surface area contributed by atoms with Gasteiger partial charge < -0.3 is 14.2 Å². The summed E-state index contributed by atoms with van der Waals surface area (Å²) in [5, 5.41) is 0. The van der Waals surface area contributed by atoms with Gasteiger partial charge in [-0.05, 0) is 96.3 Å². The molecule has 6 heteroatoms. The van der Waals surface area contributed by atoms with E-state index in [9.17, 15) is 14.4 Å². The van der Waals surface area contributed by atoms with Crippen molar-refractivity contribution >= 4 is 17.9 Å². The SMILES string of the molecule is CCC/C=C\C/C=C\CCCCCCCC(=O)OCC(COC(=O)CCCCCCCCCCCCCCCCC/C=C\CCCCCCCCCC)OC(=O)CCCCCCCCCCC/C=C\CCCCCCCCCC. The van der Waals surface area contributed by atoms with Crippen LogP contribution in [0.4, 0.5) is 0 Å². The molecule has 0 aromatic heterocycles. The predicted molar refractivity (Wildman–Crippen MR) is 344 cm³/mol. The summed E-state index contributed by atoms with van der Waals surface area (Å²) in [7, 11) is 0. The molecule has 0 amide bonds. The van der Waals surface area contributed by atoms with Crippen LogP contribution in [-0.2, 0) is 28.6 Å². The summed E-state index contributed by atoms with van der Waals surface area (Å²) >= 11 is 0. The molecule has 6 nitrogen and oxygen atoms in total. The van der Waals surface area contributed by atoms with E-state index in [-0.39, 0.29) is 31.1 Å². The molecule has 0 aromatic carbocycles. The molecule has 79 heavy (non-hydrogen) atoms. The molecule has 0 fully saturated rings. The number of carbonyl (C=O) groups excluding carboxylic acids is 3. The average molecular weight is 1110 g/mol. The van der Waals surface area contributed by atoms with Crippen LogP contribution >= 0.6 is 0 Å². The molecule has 0 aliphatic heterocycles. The summed E-state index contributed by atoms with van der Waals surface area (Å²) in [6.45, 7) is 6.62. The van der Waals surface area contributed by atoms with Crippen LogP contribution in [0.3, 0.4) is 0 Å². The zero-order chi connectivity index (χ0) is 57.1. The Bertz CT molecular complexity index is 1360. The Balaban J connectivity index is 4.23. The maximum atomic E-state index is 12.9. The molecule has 0 radical (unpaired) electrons. The second-order valence-corrected chi connectivity index (χ2v) is 23.8. The fraction of sp³-hybridized carbons (Fsp3) is 0.849. The van der Waals surface area contributed by atoms with Gasteiger partial charge in [-0.15, -0.1) is 0 Å². The van der Waals surface area contributed by atoms with Gasteiger partial charge in [-0.25, -0.2) is 0 Å². The van der Waals surface area contributed by atoms with Crippen LogP contribution in [0.1, 0.15) is 380 Å². The van der Waals surface area contributed by atoms with Gasteiger partial charge in [0.2, 0.25) is 0 Å². The van der Waals surface area contributed by atoms with Crippen LogP contribution in [0.15, 0.2) is 48.6 Å². The molecule has 0 aliphatic carbocycles. The van der Waals surface area contributed by atoms with Crippen LogP contribution in [-0.4, -0.2) is 37.2 Å². The monoisotopic (exact) mass is 1110 g/mol. The number of ether oxygens (including phenoxy) is 3. The topological polar surface area (TPSA) is 78.9 Å². The first-order valence-corrected chi connectivity index (χ1v) is 35.1. The highest BCUT2D eigenvalue weighted by Gasteiger charge is 2.19. The first kappa shape index (κ1) is 76.4. The van der Waals surface area contributed by atoms with E-state index < -0.39 is 6.10 Å². The molecule has 0 N–H and O–H groups in total. The Hall–Kier alpha value is -2.63. The Labute approximate surface area is 492 Å². The van der Waals surface area contributed by atoms with Crippen molar-refractivity contribution in [3.05, 3.63) is 48.6 Å². The number of hydrogen-bond acceptors (Lipinski definition) is 6. The van der Waals surface area contributed by atoms with Gasteiger partial charge in [-0.2, -0.15) is 0 Å². The number of unbranched alkanes of at least 4 members (excludes halogenated alkanes) is 46. The zero-order valence-electron chi connectivity index (χ0n) is 53.2. The molecule has 0 heterocycles. The minimum Gasteiger partial charge on any atom is -0.462 e. The molecule has 1 atom stereocenters. The molecule has 0 aromatic rings. The Morgan fingerprint density at radius 3 is 0.759 bits per heavy atom. The van der Waals surface area contributed by atoms with Crippen molar-refractivity contribution in [1.82, 2.24) is 0 Å². The van der Waals surface area contributed by atoms with Crippen LogP contribution in [0.5, 0.6) is 0 Å².